The quantitative estimate of drug-likeness (QED) is 0.211. The van der Waals surface area contributed by atoms with E-state index in [4.69, 9.17) is 0 Å². The maximum Gasteiger partial charge on any atom is 0.190 e. The number of hydrogen-bond donors (Lipinski definition) is 0. The highest BCUT2D eigenvalue weighted by Crippen LogP contribution is 2.08. The molecular formula is C36H30Si4. The number of rotatable bonds is 6. The van der Waals surface area contributed by atoms with Gasteiger partial charge in [0.05, 0.1) is 0 Å². The molecule has 0 amide bonds. The van der Waals surface area contributed by atoms with Crippen molar-refractivity contribution in [3.63, 3.8) is 0 Å². The van der Waals surface area contributed by atoms with Crippen molar-refractivity contribution in [1.29, 1.82) is 0 Å². The smallest absolute Gasteiger partial charge is 0.0623 e. The lowest BCUT2D eigenvalue weighted by Crippen LogP contribution is -2.73. The minimum atomic E-state index is -2.36. The molecule has 0 N–H and O–H groups in total. The third kappa shape index (κ3) is 4.95. The van der Waals surface area contributed by atoms with Crippen LogP contribution in [0.2, 0.25) is 0 Å². The van der Waals surface area contributed by atoms with E-state index in [1.54, 1.807) is 0 Å². The Morgan fingerprint density at radius 2 is 0.375 bits per heavy atom. The fourth-order valence-corrected chi connectivity index (χ4v) is 41.2. The Kier molecular flexibility index (Phi) is 8.02. The van der Waals surface area contributed by atoms with Crippen LogP contribution >= 0.6 is 0 Å². The molecule has 0 bridgehead atoms. The molecule has 0 saturated heterocycles. The van der Waals surface area contributed by atoms with Crippen LogP contribution in [0.1, 0.15) is 0 Å². The Morgan fingerprint density at radius 1 is 0.225 bits per heavy atom. The average molecular weight is 575 g/mol. The molecule has 0 atom stereocenters. The van der Waals surface area contributed by atoms with E-state index in [-0.39, 0.29) is 0 Å². The SMILES string of the molecule is c1ccc([Si]([Si]#[Si][Si](c2ccccc2)(c2ccccc2)c2ccccc2)(c2ccccc2)c2ccccc2)cc1. The first kappa shape index (κ1) is 26.4. The van der Waals surface area contributed by atoms with Gasteiger partial charge in [-0.1, -0.05) is 198 Å². The second-order valence-corrected chi connectivity index (χ2v) is 27.4. The van der Waals surface area contributed by atoms with Crippen molar-refractivity contribution in [3.05, 3.63) is 182 Å². The van der Waals surface area contributed by atoms with Crippen molar-refractivity contribution in [1.82, 2.24) is 0 Å². The normalized spacial score (nSPS) is 11.3. The number of benzene rings is 6. The van der Waals surface area contributed by atoms with Gasteiger partial charge >= 0.3 is 0 Å². The van der Waals surface area contributed by atoms with Gasteiger partial charge in [0, 0.05) is 0 Å². The maximum atomic E-state index is 2.39. The lowest BCUT2D eigenvalue weighted by atomic mass is 10.3. The summed E-state index contributed by atoms with van der Waals surface area (Å²) >= 11 is 0. The van der Waals surface area contributed by atoms with Crippen molar-refractivity contribution in [2.75, 3.05) is 0 Å². The zero-order valence-electron chi connectivity index (χ0n) is 22.3. The van der Waals surface area contributed by atoms with Gasteiger partial charge in [-0.2, -0.15) is 0 Å². The summed E-state index contributed by atoms with van der Waals surface area (Å²) in [4.78, 5) is 0. The second-order valence-electron chi connectivity index (χ2n) is 9.95. The van der Waals surface area contributed by atoms with Gasteiger partial charge in [0.25, 0.3) is 0 Å². The standard InChI is InChI=1S/C36H30Si4/c1-7-19-31(20-8-1)39(32-21-9-2-10-22-32,33-23-11-3-12-24-33)37-38-40(34-25-13-4-14-26-34,35-27-15-5-16-28-35)36-29-17-6-18-30-36/h1-30H. The van der Waals surface area contributed by atoms with Crippen molar-refractivity contribution in [2.45, 2.75) is 0 Å². The van der Waals surface area contributed by atoms with E-state index in [2.05, 4.69) is 182 Å². The summed E-state index contributed by atoms with van der Waals surface area (Å²) < 4.78 is 0. The highest BCUT2D eigenvalue weighted by molar-refractivity contribution is 7.54. The van der Waals surface area contributed by atoms with Gasteiger partial charge in [-0.05, 0) is 31.1 Å². The van der Waals surface area contributed by atoms with Crippen LogP contribution in [0, 0.1) is 0 Å². The average Bonchev–Trinajstić information content (AvgIpc) is 3.06. The Labute approximate surface area is 243 Å². The molecule has 0 unspecified atom stereocenters. The van der Waals surface area contributed by atoms with Gasteiger partial charge in [0.1, 0.15) is 0 Å². The van der Waals surface area contributed by atoms with Crippen LogP contribution in [0.25, 0.3) is 0 Å². The van der Waals surface area contributed by atoms with E-state index in [0.717, 1.165) is 15.9 Å². The van der Waals surface area contributed by atoms with Crippen molar-refractivity contribution >= 4 is 62.2 Å². The summed E-state index contributed by atoms with van der Waals surface area (Å²) in [6.45, 7) is 0. The second kappa shape index (κ2) is 12.1. The first-order valence-corrected chi connectivity index (χ1v) is 22.7. The lowest BCUT2D eigenvalue weighted by molar-refractivity contribution is 1.70. The topological polar surface area (TPSA) is 0 Å². The monoisotopic (exact) mass is 574 g/mol. The first-order valence-electron chi connectivity index (χ1n) is 13.7. The molecule has 40 heavy (non-hydrogen) atoms. The van der Waals surface area contributed by atoms with Crippen LogP contribution in [0.5, 0.6) is 0 Å². The van der Waals surface area contributed by atoms with Crippen molar-refractivity contribution in [2.24, 2.45) is 0 Å². The number of hydrogen-bond acceptors (Lipinski definition) is 0. The maximum absolute atomic E-state index is 2.39. The summed E-state index contributed by atoms with van der Waals surface area (Å²) in [6.07, 6.45) is 0. The molecule has 0 fully saturated rings. The third-order valence-electron chi connectivity index (χ3n) is 7.68. The molecule has 0 nitrogen and oxygen atoms in total. The zero-order chi connectivity index (χ0) is 27.1. The predicted octanol–water partition coefficient (Wildman–Crippen LogP) is 3.64. The molecular weight excluding hydrogens is 545 g/mol. The Morgan fingerprint density at radius 3 is 0.525 bits per heavy atom. The summed E-state index contributed by atoms with van der Waals surface area (Å²) in [6, 6.07) is 68.3. The minimum Gasteiger partial charge on any atom is -0.0623 e. The van der Waals surface area contributed by atoms with Crippen molar-refractivity contribution in [3.8, 4) is 0 Å². The van der Waals surface area contributed by atoms with Crippen LogP contribution in [0.15, 0.2) is 182 Å². The van der Waals surface area contributed by atoms with E-state index in [9.17, 15) is 0 Å². The Bertz CT molecular complexity index is 1390. The van der Waals surface area contributed by atoms with Gasteiger partial charge in [-0.25, -0.2) is 0 Å². The summed E-state index contributed by atoms with van der Waals surface area (Å²) in [7, 11) is -3.15. The van der Waals surface area contributed by atoms with E-state index < -0.39 is 15.2 Å². The zero-order valence-corrected chi connectivity index (χ0v) is 26.3. The third-order valence-corrected chi connectivity index (χ3v) is 34.8. The molecule has 0 aliphatic carbocycles. The molecule has 6 aromatic rings. The van der Waals surface area contributed by atoms with Crippen molar-refractivity contribution < 1.29 is 0 Å². The van der Waals surface area contributed by atoms with Gasteiger partial charge in [0.15, 0.2) is 15.2 Å². The van der Waals surface area contributed by atoms with Gasteiger partial charge in [0.2, 0.25) is 0 Å². The van der Waals surface area contributed by atoms with E-state index in [1.165, 1.54) is 31.1 Å². The molecule has 0 spiro atoms. The molecule has 0 saturated carbocycles. The molecule has 6 aromatic carbocycles. The Hall–Kier alpha value is -3.81. The van der Waals surface area contributed by atoms with Crippen LogP contribution in [-0.2, 0) is 0 Å². The summed E-state index contributed by atoms with van der Waals surface area (Å²) in [5.74, 6) is 0. The largest absolute Gasteiger partial charge is 0.190 e. The molecule has 0 heterocycles. The molecule has 6 rings (SSSR count). The summed E-state index contributed by atoms with van der Waals surface area (Å²) in [5.41, 5.74) is 0. The lowest BCUT2D eigenvalue weighted by Gasteiger charge is -2.32. The van der Waals surface area contributed by atoms with Gasteiger partial charge < -0.3 is 0 Å². The van der Waals surface area contributed by atoms with Crippen LogP contribution in [0.4, 0.5) is 0 Å². The van der Waals surface area contributed by atoms with Gasteiger partial charge in [-0.15, -0.1) is 0 Å². The summed E-state index contributed by atoms with van der Waals surface area (Å²) in [5, 5.41) is 8.97. The molecule has 4 heteroatoms. The fourth-order valence-electron chi connectivity index (χ4n) is 5.75. The van der Waals surface area contributed by atoms with Crippen LogP contribution in [0.3, 0.4) is 0 Å². The van der Waals surface area contributed by atoms with Crippen LogP contribution < -0.4 is 31.1 Å². The first-order chi connectivity index (χ1) is 19.8. The molecule has 0 aromatic heterocycles. The molecule has 190 valence electrons. The van der Waals surface area contributed by atoms with Crippen LogP contribution in [-0.4, -0.2) is 31.1 Å². The fraction of sp³-hybridized carbons (Fsp3) is 0. The molecule has 0 aliphatic heterocycles. The van der Waals surface area contributed by atoms with E-state index in [1.807, 2.05) is 0 Å². The highest BCUT2D eigenvalue weighted by atomic mass is 29.5. The predicted molar refractivity (Wildman–Crippen MR) is 179 cm³/mol. The molecule has 0 radical (unpaired) electrons. The molecule has 0 aliphatic rings. The minimum absolute atomic E-state index is 0.782. The Balaban J connectivity index is 1.75. The van der Waals surface area contributed by atoms with Gasteiger partial charge in [-0.3, -0.25) is 0 Å². The van der Waals surface area contributed by atoms with E-state index >= 15 is 0 Å². The van der Waals surface area contributed by atoms with E-state index in [0.29, 0.717) is 0 Å². The highest BCUT2D eigenvalue weighted by Gasteiger charge is 2.41.